The van der Waals surface area contributed by atoms with Crippen LogP contribution >= 0.6 is 0 Å². The molecule has 1 heterocycles. The molecule has 0 atom stereocenters. The van der Waals surface area contributed by atoms with Crippen molar-refractivity contribution in [1.29, 1.82) is 0 Å². The summed E-state index contributed by atoms with van der Waals surface area (Å²) in [7, 11) is 1.59. The monoisotopic (exact) mass is 361 g/mol. The molecule has 0 fully saturated rings. The number of amides is 2. The highest BCUT2D eigenvalue weighted by Gasteiger charge is 2.14. The molecule has 5 nitrogen and oxygen atoms in total. The summed E-state index contributed by atoms with van der Waals surface area (Å²) < 4.78 is 0. The molecule has 0 aliphatic carbocycles. The van der Waals surface area contributed by atoms with Crippen molar-refractivity contribution in [2.45, 2.75) is 27.2 Å². The minimum absolute atomic E-state index is 0.154. The van der Waals surface area contributed by atoms with Crippen molar-refractivity contribution in [3.8, 4) is 0 Å². The highest BCUT2D eigenvalue weighted by Crippen LogP contribution is 2.23. The van der Waals surface area contributed by atoms with E-state index in [1.165, 1.54) is 0 Å². The van der Waals surface area contributed by atoms with Crippen molar-refractivity contribution in [2.24, 2.45) is 0 Å². The Morgan fingerprint density at radius 1 is 1.00 bits per heavy atom. The zero-order valence-electron chi connectivity index (χ0n) is 16.0. The summed E-state index contributed by atoms with van der Waals surface area (Å²) >= 11 is 0. The molecule has 2 amide bonds. The number of benzene rings is 2. The largest absolute Gasteiger partial charge is 0.355 e. The third kappa shape index (κ3) is 3.82. The molecule has 0 radical (unpaired) electrons. The SMILES string of the molecule is CCc1ccc2nc(C)cc(C(=O)Nc3ccc(C(=O)NC)cc3C)c2c1. The number of pyridine rings is 1. The van der Waals surface area contributed by atoms with E-state index in [1.54, 1.807) is 25.2 Å². The maximum Gasteiger partial charge on any atom is 0.256 e. The van der Waals surface area contributed by atoms with Gasteiger partial charge in [-0.15, -0.1) is 0 Å². The van der Waals surface area contributed by atoms with E-state index in [0.29, 0.717) is 16.8 Å². The number of hydrogen-bond donors (Lipinski definition) is 2. The van der Waals surface area contributed by atoms with Gasteiger partial charge in [-0.1, -0.05) is 13.0 Å². The fraction of sp³-hybridized carbons (Fsp3) is 0.227. The quantitative estimate of drug-likeness (QED) is 0.737. The van der Waals surface area contributed by atoms with Crippen LogP contribution in [0.5, 0.6) is 0 Å². The van der Waals surface area contributed by atoms with Crippen LogP contribution in [-0.4, -0.2) is 23.8 Å². The standard InChI is InChI=1S/C22H23N3O2/c1-5-15-6-8-20-17(12-15)18(11-14(3)24-20)22(27)25-19-9-7-16(10-13(19)2)21(26)23-4/h6-12H,5H2,1-4H3,(H,23,26)(H,25,27). The zero-order valence-corrected chi connectivity index (χ0v) is 16.0. The molecular weight excluding hydrogens is 338 g/mol. The predicted octanol–water partition coefficient (Wildman–Crippen LogP) is 4.03. The van der Waals surface area contributed by atoms with Crippen LogP contribution in [0, 0.1) is 13.8 Å². The molecule has 1 aromatic heterocycles. The van der Waals surface area contributed by atoms with Crippen molar-refractivity contribution < 1.29 is 9.59 Å². The lowest BCUT2D eigenvalue weighted by Gasteiger charge is -2.12. The van der Waals surface area contributed by atoms with Crippen LogP contribution in [0.15, 0.2) is 42.5 Å². The molecule has 0 unspecified atom stereocenters. The van der Waals surface area contributed by atoms with Gasteiger partial charge in [0.1, 0.15) is 0 Å². The maximum atomic E-state index is 13.0. The molecule has 2 N–H and O–H groups in total. The lowest BCUT2D eigenvalue weighted by molar-refractivity contribution is 0.0962. The molecule has 0 saturated heterocycles. The second kappa shape index (κ2) is 7.58. The van der Waals surface area contributed by atoms with E-state index in [0.717, 1.165) is 34.1 Å². The Hall–Kier alpha value is -3.21. The van der Waals surface area contributed by atoms with E-state index in [2.05, 4.69) is 22.5 Å². The smallest absolute Gasteiger partial charge is 0.256 e. The van der Waals surface area contributed by atoms with Crippen LogP contribution < -0.4 is 10.6 Å². The Bertz CT molecular complexity index is 1040. The van der Waals surface area contributed by atoms with Crippen molar-refractivity contribution >= 4 is 28.4 Å². The lowest BCUT2D eigenvalue weighted by Crippen LogP contribution is -2.18. The number of rotatable bonds is 4. The number of carbonyl (C=O) groups excluding carboxylic acids is 2. The van der Waals surface area contributed by atoms with E-state index in [-0.39, 0.29) is 11.8 Å². The van der Waals surface area contributed by atoms with Gasteiger partial charge in [-0.2, -0.15) is 0 Å². The fourth-order valence-electron chi connectivity index (χ4n) is 3.09. The van der Waals surface area contributed by atoms with Gasteiger partial charge in [-0.25, -0.2) is 0 Å². The van der Waals surface area contributed by atoms with Gasteiger partial charge >= 0.3 is 0 Å². The fourth-order valence-corrected chi connectivity index (χ4v) is 3.09. The highest BCUT2D eigenvalue weighted by atomic mass is 16.2. The number of anilines is 1. The van der Waals surface area contributed by atoms with Gasteiger partial charge in [0.2, 0.25) is 0 Å². The molecule has 0 spiro atoms. The maximum absolute atomic E-state index is 13.0. The Morgan fingerprint density at radius 3 is 2.44 bits per heavy atom. The second-order valence-electron chi connectivity index (χ2n) is 6.58. The molecule has 2 aromatic carbocycles. The molecule has 0 aliphatic rings. The van der Waals surface area contributed by atoms with Crippen LogP contribution in [0.4, 0.5) is 5.69 Å². The first-order chi connectivity index (χ1) is 12.9. The zero-order chi connectivity index (χ0) is 19.6. The summed E-state index contributed by atoms with van der Waals surface area (Å²) in [6, 6.07) is 13.1. The van der Waals surface area contributed by atoms with Gasteiger partial charge in [0, 0.05) is 29.4 Å². The van der Waals surface area contributed by atoms with E-state index < -0.39 is 0 Å². The molecule has 5 heteroatoms. The van der Waals surface area contributed by atoms with Crippen molar-refractivity contribution in [3.63, 3.8) is 0 Å². The van der Waals surface area contributed by atoms with Crippen molar-refractivity contribution in [3.05, 3.63) is 70.4 Å². The second-order valence-corrected chi connectivity index (χ2v) is 6.58. The predicted molar refractivity (Wildman–Crippen MR) is 108 cm³/mol. The normalized spacial score (nSPS) is 10.7. The van der Waals surface area contributed by atoms with Crippen LogP contribution in [0.1, 0.15) is 44.5 Å². The van der Waals surface area contributed by atoms with Crippen molar-refractivity contribution in [2.75, 3.05) is 12.4 Å². The van der Waals surface area contributed by atoms with Gasteiger partial charge in [-0.05, 0) is 67.8 Å². The van der Waals surface area contributed by atoms with Crippen LogP contribution in [0.3, 0.4) is 0 Å². The Kier molecular flexibility index (Phi) is 5.21. The van der Waals surface area contributed by atoms with Gasteiger partial charge < -0.3 is 10.6 Å². The minimum atomic E-state index is -0.186. The summed E-state index contributed by atoms with van der Waals surface area (Å²) in [6.07, 6.45) is 0.894. The van der Waals surface area contributed by atoms with Gasteiger partial charge in [0.15, 0.2) is 0 Å². The van der Waals surface area contributed by atoms with E-state index in [1.807, 2.05) is 38.1 Å². The Morgan fingerprint density at radius 2 is 1.78 bits per heavy atom. The Balaban J connectivity index is 1.98. The number of fused-ring (bicyclic) bond motifs is 1. The summed E-state index contributed by atoms with van der Waals surface area (Å²) in [4.78, 5) is 29.3. The average molecular weight is 361 g/mol. The lowest BCUT2D eigenvalue weighted by atomic mass is 10.0. The van der Waals surface area contributed by atoms with Gasteiger partial charge in [0.25, 0.3) is 11.8 Å². The number of aromatic nitrogens is 1. The number of nitrogens with zero attached hydrogens (tertiary/aromatic N) is 1. The molecular formula is C22H23N3O2. The summed E-state index contributed by atoms with van der Waals surface area (Å²) in [5, 5.41) is 6.41. The minimum Gasteiger partial charge on any atom is -0.355 e. The first-order valence-corrected chi connectivity index (χ1v) is 8.97. The first kappa shape index (κ1) is 18.6. The summed E-state index contributed by atoms with van der Waals surface area (Å²) in [5.41, 5.74) is 5.44. The van der Waals surface area contributed by atoms with Crippen LogP contribution in [0.2, 0.25) is 0 Å². The molecule has 3 rings (SSSR count). The molecule has 3 aromatic rings. The van der Waals surface area contributed by atoms with Crippen LogP contribution in [-0.2, 0) is 6.42 Å². The van der Waals surface area contributed by atoms with E-state index >= 15 is 0 Å². The molecule has 138 valence electrons. The third-order valence-corrected chi connectivity index (χ3v) is 4.62. The highest BCUT2D eigenvalue weighted by molar-refractivity contribution is 6.12. The van der Waals surface area contributed by atoms with E-state index in [9.17, 15) is 9.59 Å². The topological polar surface area (TPSA) is 71.1 Å². The number of nitrogens with one attached hydrogen (secondary N) is 2. The van der Waals surface area contributed by atoms with Gasteiger partial charge in [-0.3, -0.25) is 14.6 Å². The molecule has 0 saturated carbocycles. The number of aryl methyl sites for hydroxylation is 3. The third-order valence-electron chi connectivity index (χ3n) is 4.62. The molecule has 27 heavy (non-hydrogen) atoms. The molecule has 0 bridgehead atoms. The van der Waals surface area contributed by atoms with Gasteiger partial charge in [0.05, 0.1) is 11.1 Å². The van der Waals surface area contributed by atoms with Crippen molar-refractivity contribution in [1.82, 2.24) is 10.3 Å². The summed E-state index contributed by atoms with van der Waals surface area (Å²) in [5.74, 6) is -0.339. The number of carbonyl (C=O) groups is 2. The Labute approximate surface area is 158 Å². The summed E-state index contributed by atoms with van der Waals surface area (Å²) in [6.45, 7) is 5.83. The van der Waals surface area contributed by atoms with Crippen LogP contribution in [0.25, 0.3) is 10.9 Å². The average Bonchev–Trinajstić information content (AvgIpc) is 2.67. The number of hydrogen-bond acceptors (Lipinski definition) is 3. The van der Waals surface area contributed by atoms with E-state index in [4.69, 9.17) is 0 Å². The molecule has 0 aliphatic heterocycles. The first-order valence-electron chi connectivity index (χ1n) is 8.97.